The van der Waals surface area contributed by atoms with Gasteiger partial charge in [0.1, 0.15) is 5.76 Å². The fourth-order valence-electron chi connectivity index (χ4n) is 2.23. The van der Waals surface area contributed by atoms with Gasteiger partial charge in [0.2, 0.25) is 5.89 Å². The fourth-order valence-corrected chi connectivity index (χ4v) is 2.23. The Kier molecular flexibility index (Phi) is 4.61. The van der Waals surface area contributed by atoms with E-state index in [1.807, 2.05) is 6.92 Å². The number of amides is 2. The van der Waals surface area contributed by atoms with E-state index in [0.29, 0.717) is 18.5 Å². The molecule has 1 fully saturated rings. The lowest BCUT2D eigenvalue weighted by Gasteiger charge is -2.22. The number of carbonyl (C=O) groups excluding carboxylic acids is 1. The van der Waals surface area contributed by atoms with Crippen LogP contribution < -0.4 is 10.6 Å². The van der Waals surface area contributed by atoms with Crippen molar-refractivity contribution >= 4 is 6.03 Å². The van der Waals surface area contributed by atoms with Crippen LogP contribution in [0.5, 0.6) is 0 Å². The maximum absolute atomic E-state index is 11.7. The first-order chi connectivity index (χ1) is 8.78. The second kappa shape index (κ2) is 6.42. The molecule has 1 heterocycles. The third kappa shape index (κ3) is 3.75. The Morgan fingerprint density at radius 2 is 2.22 bits per heavy atom. The van der Waals surface area contributed by atoms with E-state index in [1.54, 1.807) is 6.20 Å². The summed E-state index contributed by atoms with van der Waals surface area (Å²) in [4.78, 5) is 15.8. The molecule has 18 heavy (non-hydrogen) atoms. The van der Waals surface area contributed by atoms with Crippen molar-refractivity contribution in [2.24, 2.45) is 0 Å². The molecule has 0 aromatic carbocycles. The van der Waals surface area contributed by atoms with E-state index < -0.39 is 0 Å². The Morgan fingerprint density at radius 1 is 1.44 bits per heavy atom. The molecule has 0 spiro atoms. The highest BCUT2D eigenvalue weighted by atomic mass is 16.4. The van der Waals surface area contributed by atoms with Gasteiger partial charge in [-0.3, -0.25) is 0 Å². The summed E-state index contributed by atoms with van der Waals surface area (Å²) in [5.74, 6) is 1.41. The molecular formula is C13H21N3O2. The minimum Gasteiger partial charge on any atom is -0.444 e. The predicted molar refractivity (Wildman–Crippen MR) is 68.1 cm³/mol. The Bertz CT molecular complexity index is 383. The number of hydrogen-bond donors (Lipinski definition) is 2. The standard InChI is InChI=1S/C13H21N3O2/c1-2-11-8-14-12(18-11)9-15-13(17)16-10-6-4-3-5-7-10/h8,10H,2-7,9H2,1H3,(H2,15,16,17). The summed E-state index contributed by atoms with van der Waals surface area (Å²) in [5.41, 5.74) is 0. The Morgan fingerprint density at radius 3 is 2.89 bits per heavy atom. The molecular weight excluding hydrogens is 230 g/mol. The lowest BCUT2D eigenvalue weighted by atomic mass is 9.96. The van der Waals surface area contributed by atoms with Crippen molar-refractivity contribution in [2.75, 3.05) is 0 Å². The molecule has 0 radical (unpaired) electrons. The van der Waals surface area contributed by atoms with Crippen molar-refractivity contribution in [3.05, 3.63) is 17.8 Å². The molecule has 0 atom stereocenters. The molecule has 1 aromatic rings. The number of nitrogens with one attached hydrogen (secondary N) is 2. The molecule has 2 N–H and O–H groups in total. The smallest absolute Gasteiger partial charge is 0.315 e. The Labute approximate surface area is 107 Å². The van der Waals surface area contributed by atoms with Crippen molar-refractivity contribution in [3.8, 4) is 0 Å². The van der Waals surface area contributed by atoms with Crippen LogP contribution in [-0.4, -0.2) is 17.1 Å². The van der Waals surface area contributed by atoms with Gasteiger partial charge in [0.25, 0.3) is 0 Å². The molecule has 0 aliphatic heterocycles. The van der Waals surface area contributed by atoms with E-state index in [2.05, 4.69) is 15.6 Å². The van der Waals surface area contributed by atoms with Gasteiger partial charge in [-0.15, -0.1) is 0 Å². The molecule has 5 nitrogen and oxygen atoms in total. The van der Waals surface area contributed by atoms with Crippen LogP contribution in [0.3, 0.4) is 0 Å². The summed E-state index contributed by atoms with van der Waals surface area (Å²) in [6.07, 6.45) is 8.42. The number of aromatic nitrogens is 1. The molecule has 0 bridgehead atoms. The summed E-state index contributed by atoms with van der Waals surface area (Å²) >= 11 is 0. The SMILES string of the molecule is CCc1cnc(CNC(=O)NC2CCCCC2)o1. The van der Waals surface area contributed by atoms with Crippen LogP contribution in [-0.2, 0) is 13.0 Å². The third-order valence-corrected chi connectivity index (χ3v) is 3.29. The largest absolute Gasteiger partial charge is 0.444 e. The van der Waals surface area contributed by atoms with Gasteiger partial charge in [-0.2, -0.15) is 0 Å². The second-order valence-corrected chi connectivity index (χ2v) is 4.74. The minimum absolute atomic E-state index is 0.127. The van der Waals surface area contributed by atoms with Crippen LogP contribution in [0.25, 0.3) is 0 Å². The lowest BCUT2D eigenvalue weighted by molar-refractivity contribution is 0.231. The summed E-state index contributed by atoms with van der Waals surface area (Å²) < 4.78 is 5.42. The van der Waals surface area contributed by atoms with E-state index in [4.69, 9.17) is 4.42 Å². The van der Waals surface area contributed by atoms with Gasteiger partial charge >= 0.3 is 6.03 Å². The highest BCUT2D eigenvalue weighted by Gasteiger charge is 2.15. The highest BCUT2D eigenvalue weighted by molar-refractivity contribution is 5.74. The first kappa shape index (κ1) is 12.9. The van der Waals surface area contributed by atoms with Crippen molar-refractivity contribution in [1.82, 2.24) is 15.6 Å². The number of hydrogen-bond acceptors (Lipinski definition) is 3. The summed E-state index contributed by atoms with van der Waals surface area (Å²) in [6.45, 7) is 2.35. The van der Waals surface area contributed by atoms with Gasteiger partial charge in [0.15, 0.2) is 0 Å². The monoisotopic (exact) mass is 251 g/mol. The molecule has 1 saturated carbocycles. The summed E-state index contributed by atoms with van der Waals surface area (Å²) in [6, 6.07) is 0.202. The molecule has 2 amide bonds. The van der Waals surface area contributed by atoms with Crippen LogP contribution in [0, 0.1) is 0 Å². The van der Waals surface area contributed by atoms with Crippen LogP contribution >= 0.6 is 0 Å². The molecule has 5 heteroatoms. The van der Waals surface area contributed by atoms with E-state index in [1.165, 1.54) is 19.3 Å². The van der Waals surface area contributed by atoms with Gasteiger partial charge in [0, 0.05) is 12.5 Å². The van der Waals surface area contributed by atoms with Crippen LogP contribution in [0.4, 0.5) is 4.79 Å². The van der Waals surface area contributed by atoms with Crippen molar-refractivity contribution in [2.45, 2.75) is 58.0 Å². The summed E-state index contributed by atoms with van der Waals surface area (Å²) in [7, 11) is 0. The molecule has 0 unspecified atom stereocenters. The molecule has 100 valence electrons. The maximum Gasteiger partial charge on any atom is 0.315 e. The fraction of sp³-hybridized carbons (Fsp3) is 0.692. The average Bonchev–Trinajstić information content (AvgIpc) is 2.85. The normalized spacial score (nSPS) is 16.5. The van der Waals surface area contributed by atoms with Crippen molar-refractivity contribution in [3.63, 3.8) is 0 Å². The zero-order chi connectivity index (χ0) is 12.8. The van der Waals surface area contributed by atoms with E-state index in [0.717, 1.165) is 25.0 Å². The van der Waals surface area contributed by atoms with Crippen molar-refractivity contribution < 1.29 is 9.21 Å². The average molecular weight is 251 g/mol. The van der Waals surface area contributed by atoms with Gasteiger partial charge in [-0.05, 0) is 12.8 Å². The number of rotatable bonds is 4. The van der Waals surface area contributed by atoms with Gasteiger partial charge < -0.3 is 15.1 Å². The molecule has 0 saturated heterocycles. The Hall–Kier alpha value is -1.52. The number of aryl methyl sites for hydroxylation is 1. The van der Waals surface area contributed by atoms with Gasteiger partial charge in [-0.1, -0.05) is 26.2 Å². The minimum atomic E-state index is -0.127. The molecule has 1 aromatic heterocycles. The third-order valence-electron chi connectivity index (χ3n) is 3.29. The first-order valence-electron chi connectivity index (χ1n) is 6.76. The van der Waals surface area contributed by atoms with Crippen molar-refractivity contribution in [1.29, 1.82) is 0 Å². The number of oxazole rings is 1. The van der Waals surface area contributed by atoms with Crippen LogP contribution in [0.15, 0.2) is 10.6 Å². The maximum atomic E-state index is 11.7. The lowest BCUT2D eigenvalue weighted by Crippen LogP contribution is -2.42. The van der Waals surface area contributed by atoms with E-state index in [-0.39, 0.29) is 6.03 Å². The van der Waals surface area contributed by atoms with Crippen LogP contribution in [0.2, 0.25) is 0 Å². The number of nitrogens with zero attached hydrogens (tertiary/aromatic N) is 1. The second-order valence-electron chi connectivity index (χ2n) is 4.74. The van der Waals surface area contributed by atoms with Crippen LogP contribution in [0.1, 0.15) is 50.7 Å². The molecule has 1 aliphatic rings. The number of carbonyl (C=O) groups is 1. The van der Waals surface area contributed by atoms with E-state index in [9.17, 15) is 4.79 Å². The topological polar surface area (TPSA) is 67.2 Å². The quantitative estimate of drug-likeness (QED) is 0.863. The predicted octanol–water partition coefficient (Wildman–Crippen LogP) is 2.37. The first-order valence-corrected chi connectivity index (χ1v) is 6.76. The highest BCUT2D eigenvalue weighted by Crippen LogP contribution is 2.17. The number of urea groups is 1. The van der Waals surface area contributed by atoms with Gasteiger partial charge in [0.05, 0.1) is 12.7 Å². The molecule has 2 rings (SSSR count). The van der Waals surface area contributed by atoms with E-state index >= 15 is 0 Å². The summed E-state index contributed by atoms with van der Waals surface area (Å²) in [5, 5.41) is 5.77. The molecule has 1 aliphatic carbocycles. The zero-order valence-corrected chi connectivity index (χ0v) is 10.9. The van der Waals surface area contributed by atoms with Gasteiger partial charge in [-0.25, -0.2) is 9.78 Å². The zero-order valence-electron chi connectivity index (χ0n) is 10.9. The Balaban J connectivity index is 1.70.